The lowest BCUT2D eigenvalue weighted by molar-refractivity contribution is -0.171. The van der Waals surface area contributed by atoms with E-state index in [9.17, 15) is 24.6 Å². The van der Waals surface area contributed by atoms with Crippen molar-refractivity contribution >= 4 is 17.7 Å². The van der Waals surface area contributed by atoms with Gasteiger partial charge in [0, 0.05) is 33.0 Å². The number of rotatable bonds is 17. The zero-order chi connectivity index (χ0) is 30.6. The molecule has 9 nitrogen and oxygen atoms in total. The van der Waals surface area contributed by atoms with Crippen molar-refractivity contribution in [3.05, 3.63) is 35.9 Å². The summed E-state index contributed by atoms with van der Waals surface area (Å²) in [6.07, 6.45) is 6.88. The molecule has 2 aliphatic carbocycles. The van der Waals surface area contributed by atoms with E-state index in [-0.39, 0.29) is 49.6 Å². The topological polar surface area (TPSA) is 111 Å². The van der Waals surface area contributed by atoms with Crippen LogP contribution >= 0.6 is 0 Å². The van der Waals surface area contributed by atoms with Gasteiger partial charge >= 0.3 is 0 Å². The van der Waals surface area contributed by atoms with Gasteiger partial charge in [0.1, 0.15) is 12.6 Å². The van der Waals surface area contributed by atoms with Crippen LogP contribution in [0.4, 0.5) is 0 Å². The molecule has 2 fully saturated rings. The van der Waals surface area contributed by atoms with Gasteiger partial charge < -0.3 is 20.0 Å². The molecular weight excluding hydrogens is 534 g/mol. The first-order chi connectivity index (χ1) is 20.1. The molecule has 3 atom stereocenters. The monoisotopic (exact) mass is 587 g/mol. The van der Waals surface area contributed by atoms with Crippen molar-refractivity contribution in [1.29, 1.82) is 0 Å². The molecule has 0 spiro atoms. The lowest BCUT2D eigenvalue weighted by atomic mass is 9.81. The summed E-state index contributed by atoms with van der Waals surface area (Å²) in [7, 11) is 2.89. The Hall–Kier alpha value is -2.49. The van der Waals surface area contributed by atoms with Crippen molar-refractivity contribution in [2.45, 2.75) is 109 Å². The van der Waals surface area contributed by atoms with Crippen LogP contribution in [0.15, 0.2) is 30.3 Å². The highest BCUT2D eigenvalue weighted by Crippen LogP contribution is 2.35. The zero-order valence-corrected chi connectivity index (χ0v) is 26.1. The summed E-state index contributed by atoms with van der Waals surface area (Å²) in [5.74, 6) is 0.187. The average Bonchev–Trinajstić information content (AvgIpc) is 3.81. The number of carbonyl (C=O) groups is 3. The number of likely N-dealkylation sites (N-methyl/N-ethyl adjacent to an activating group) is 1. The highest BCUT2D eigenvalue weighted by Gasteiger charge is 2.38. The average molecular weight is 588 g/mol. The SMILES string of the molecule is CON(C)C(=O)CN(Cc1ccccc1)C(=O)CCC(=O)N(CC1CC1)[C@@H](CC1CCCCC1)[C@@H](O)[C@@H](O)CC(C)C. The number of hydrogen-bond acceptors (Lipinski definition) is 6. The van der Waals surface area contributed by atoms with Crippen LogP contribution < -0.4 is 0 Å². The number of hydrogen-bond donors (Lipinski definition) is 2. The number of aliphatic hydroxyl groups is 2. The van der Waals surface area contributed by atoms with Crippen LogP contribution in [-0.2, 0) is 25.8 Å². The number of benzene rings is 1. The Labute approximate surface area is 252 Å². The fourth-order valence-electron chi connectivity index (χ4n) is 6.01. The molecule has 236 valence electrons. The van der Waals surface area contributed by atoms with Gasteiger partial charge in [0.2, 0.25) is 11.8 Å². The highest BCUT2D eigenvalue weighted by atomic mass is 16.7. The molecule has 2 aliphatic rings. The summed E-state index contributed by atoms with van der Waals surface area (Å²) in [6.45, 7) is 4.65. The Bertz CT molecular complexity index is 979. The second-order valence-corrected chi connectivity index (χ2v) is 12.8. The largest absolute Gasteiger partial charge is 0.390 e. The number of aliphatic hydroxyl groups excluding tert-OH is 2. The zero-order valence-electron chi connectivity index (χ0n) is 26.1. The number of carbonyl (C=O) groups excluding carboxylic acids is 3. The molecule has 0 bridgehead atoms. The second kappa shape index (κ2) is 17.0. The van der Waals surface area contributed by atoms with E-state index in [2.05, 4.69) is 0 Å². The van der Waals surface area contributed by atoms with E-state index in [0.717, 1.165) is 49.2 Å². The number of hydroxylamine groups is 2. The van der Waals surface area contributed by atoms with Gasteiger partial charge in [-0.25, -0.2) is 5.06 Å². The van der Waals surface area contributed by atoms with Crippen LogP contribution in [0, 0.1) is 17.8 Å². The standard InChI is InChI=1S/C33H53N3O6/c1-24(2)19-29(37)33(41)28(20-25-11-7-5-8-12-25)36(22-27-15-16-27)31(39)18-17-30(38)35(23-32(40)34(3)42-4)21-26-13-9-6-10-14-26/h6,9-10,13-14,24-25,27-29,33,37,41H,5,7-8,11-12,15-23H2,1-4H3/t28-,29-,33+/m0/s1. The predicted molar refractivity (Wildman–Crippen MR) is 162 cm³/mol. The smallest absolute Gasteiger partial charge is 0.265 e. The summed E-state index contributed by atoms with van der Waals surface area (Å²) in [6, 6.07) is 8.96. The highest BCUT2D eigenvalue weighted by molar-refractivity contribution is 5.87. The minimum atomic E-state index is -1.04. The van der Waals surface area contributed by atoms with Gasteiger partial charge in [0.25, 0.3) is 5.91 Å². The Morgan fingerprint density at radius 3 is 2.14 bits per heavy atom. The normalized spacial score (nSPS) is 17.9. The van der Waals surface area contributed by atoms with Crippen molar-refractivity contribution < 1.29 is 29.4 Å². The molecule has 9 heteroatoms. The van der Waals surface area contributed by atoms with E-state index >= 15 is 0 Å². The Morgan fingerprint density at radius 2 is 1.55 bits per heavy atom. The summed E-state index contributed by atoms with van der Waals surface area (Å²) >= 11 is 0. The molecule has 0 unspecified atom stereocenters. The first-order valence-electron chi connectivity index (χ1n) is 15.9. The minimum absolute atomic E-state index is 0.0146. The Balaban J connectivity index is 1.75. The molecule has 3 rings (SSSR count). The molecule has 0 aliphatic heterocycles. The van der Waals surface area contributed by atoms with Crippen LogP contribution in [0.25, 0.3) is 0 Å². The van der Waals surface area contributed by atoms with Gasteiger partial charge in [-0.2, -0.15) is 0 Å². The summed E-state index contributed by atoms with van der Waals surface area (Å²) in [5, 5.41) is 23.5. The quantitative estimate of drug-likeness (QED) is 0.265. The van der Waals surface area contributed by atoms with Gasteiger partial charge in [-0.15, -0.1) is 0 Å². The van der Waals surface area contributed by atoms with Gasteiger partial charge in [0.15, 0.2) is 0 Å². The minimum Gasteiger partial charge on any atom is -0.390 e. The van der Waals surface area contributed by atoms with E-state index in [1.165, 1.54) is 25.5 Å². The molecule has 3 amide bonds. The molecule has 0 aromatic heterocycles. The molecule has 42 heavy (non-hydrogen) atoms. The Kier molecular flexibility index (Phi) is 13.7. The van der Waals surface area contributed by atoms with Gasteiger partial charge in [0.05, 0.1) is 19.3 Å². The van der Waals surface area contributed by atoms with E-state index in [1.54, 1.807) is 4.90 Å². The van der Waals surface area contributed by atoms with Crippen LogP contribution in [0.3, 0.4) is 0 Å². The Morgan fingerprint density at radius 1 is 0.905 bits per heavy atom. The molecule has 2 N–H and O–H groups in total. The first kappa shape index (κ1) is 34.0. The molecule has 0 heterocycles. The third-order valence-electron chi connectivity index (χ3n) is 8.75. The summed E-state index contributed by atoms with van der Waals surface area (Å²) < 4.78 is 0. The van der Waals surface area contributed by atoms with Crippen LogP contribution in [0.1, 0.15) is 90.0 Å². The van der Waals surface area contributed by atoms with E-state index in [4.69, 9.17) is 4.84 Å². The van der Waals surface area contributed by atoms with Crippen LogP contribution in [0.5, 0.6) is 0 Å². The lowest BCUT2D eigenvalue weighted by Crippen LogP contribution is -2.53. The van der Waals surface area contributed by atoms with Gasteiger partial charge in [-0.3, -0.25) is 19.2 Å². The molecule has 1 aromatic carbocycles. The molecule has 1 aromatic rings. The number of nitrogens with zero attached hydrogens (tertiary/aromatic N) is 3. The van der Waals surface area contributed by atoms with Crippen molar-refractivity contribution in [3.8, 4) is 0 Å². The predicted octanol–water partition coefficient (Wildman–Crippen LogP) is 4.16. The van der Waals surface area contributed by atoms with E-state index in [0.29, 0.717) is 31.2 Å². The third kappa shape index (κ3) is 11.0. The lowest BCUT2D eigenvalue weighted by Gasteiger charge is -2.40. The molecule has 0 saturated heterocycles. The van der Waals surface area contributed by atoms with Gasteiger partial charge in [-0.05, 0) is 49.0 Å². The van der Waals surface area contributed by atoms with Crippen molar-refractivity contribution in [3.63, 3.8) is 0 Å². The van der Waals surface area contributed by atoms with Crippen LogP contribution in [-0.4, -0.2) is 88.3 Å². The molecule has 2 saturated carbocycles. The summed E-state index contributed by atoms with van der Waals surface area (Å²) in [5.41, 5.74) is 0.884. The van der Waals surface area contributed by atoms with Crippen molar-refractivity contribution in [1.82, 2.24) is 14.9 Å². The maximum Gasteiger partial charge on any atom is 0.265 e. The second-order valence-electron chi connectivity index (χ2n) is 12.8. The number of amides is 3. The van der Waals surface area contributed by atoms with Crippen molar-refractivity contribution in [2.75, 3.05) is 27.2 Å². The third-order valence-corrected chi connectivity index (χ3v) is 8.75. The van der Waals surface area contributed by atoms with E-state index < -0.39 is 18.2 Å². The van der Waals surface area contributed by atoms with E-state index in [1.807, 2.05) is 44.2 Å². The van der Waals surface area contributed by atoms with Gasteiger partial charge in [-0.1, -0.05) is 76.3 Å². The van der Waals surface area contributed by atoms with Crippen molar-refractivity contribution in [2.24, 2.45) is 17.8 Å². The maximum atomic E-state index is 13.9. The summed E-state index contributed by atoms with van der Waals surface area (Å²) in [4.78, 5) is 48.2. The molecule has 0 radical (unpaired) electrons. The maximum absolute atomic E-state index is 13.9. The fraction of sp³-hybridized carbons (Fsp3) is 0.727. The molecular formula is C33H53N3O6. The fourth-order valence-corrected chi connectivity index (χ4v) is 6.01. The van der Waals surface area contributed by atoms with Crippen LogP contribution in [0.2, 0.25) is 0 Å². The first-order valence-corrected chi connectivity index (χ1v) is 15.9.